The van der Waals surface area contributed by atoms with E-state index in [1.165, 1.54) is 18.2 Å². The van der Waals surface area contributed by atoms with E-state index in [1.54, 1.807) is 36.4 Å². The first-order chi connectivity index (χ1) is 8.55. The molecule has 2 rings (SSSR count). The lowest BCUT2D eigenvalue weighted by Gasteiger charge is -2.37. The van der Waals surface area contributed by atoms with E-state index in [2.05, 4.69) is 0 Å². The molecule has 1 aliphatic rings. The van der Waals surface area contributed by atoms with Gasteiger partial charge in [0.2, 0.25) is 0 Å². The molecule has 4 nitrogen and oxygen atoms in total. The Morgan fingerprint density at radius 2 is 1.72 bits per heavy atom. The average Bonchev–Trinajstić information content (AvgIpc) is 2.41. The van der Waals surface area contributed by atoms with Gasteiger partial charge in [-0.25, -0.2) is 0 Å². The SMILES string of the molecule is OC(c1ccccc1)C(O)C1(O)C=CC=CC1O. The van der Waals surface area contributed by atoms with Gasteiger partial charge in [0.05, 0.1) is 0 Å². The second-order valence-electron chi connectivity index (χ2n) is 4.38. The summed E-state index contributed by atoms with van der Waals surface area (Å²) in [5.41, 5.74) is -1.40. The fourth-order valence-corrected chi connectivity index (χ4v) is 1.99. The van der Waals surface area contributed by atoms with Crippen LogP contribution in [-0.4, -0.2) is 38.2 Å². The van der Waals surface area contributed by atoms with Crippen molar-refractivity contribution in [3.8, 4) is 0 Å². The van der Waals surface area contributed by atoms with E-state index in [0.717, 1.165) is 0 Å². The highest BCUT2D eigenvalue weighted by Crippen LogP contribution is 2.30. The van der Waals surface area contributed by atoms with Crippen molar-refractivity contribution in [1.82, 2.24) is 0 Å². The van der Waals surface area contributed by atoms with Crippen LogP contribution in [-0.2, 0) is 0 Å². The van der Waals surface area contributed by atoms with Crippen molar-refractivity contribution in [2.75, 3.05) is 0 Å². The molecule has 0 spiro atoms. The summed E-state index contributed by atoms with van der Waals surface area (Å²) in [6.07, 6.45) is 1.69. The summed E-state index contributed by atoms with van der Waals surface area (Å²) < 4.78 is 0. The average molecular weight is 248 g/mol. The van der Waals surface area contributed by atoms with Gasteiger partial charge in [-0.15, -0.1) is 0 Å². The summed E-state index contributed by atoms with van der Waals surface area (Å²) in [4.78, 5) is 0. The number of aliphatic hydroxyl groups excluding tert-OH is 3. The molecule has 0 aromatic heterocycles. The van der Waals surface area contributed by atoms with Crippen LogP contribution in [0.25, 0.3) is 0 Å². The van der Waals surface area contributed by atoms with Crippen LogP contribution >= 0.6 is 0 Å². The molecule has 0 fully saturated rings. The maximum atomic E-state index is 10.2. The van der Waals surface area contributed by atoms with Crippen LogP contribution in [0.3, 0.4) is 0 Å². The third-order valence-electron chi connectivity index (χ3n) is 3.16. The summed E-state index contributed by atoms with van der Waals surface area (Å²) in [5, 5.41) is 40.1. The van der Waals surface area contributed by atoms with Gasteiger partial charge in [0.1, 0.15) is 23.9 Å². The first kappa shape index (κ1) is 13.0. The van der Waals surface area contributed by atoms with Crippen LogP contribution in [0.15, 0.2) is 54.6 Å². The number of allylic oxidation sites excluding steroid dienone is 2. The lowest BCUT2D eigenvalue weighted by molar-refractivity contribution is -0.140. The van der Waals surface area contributed by atoms with E-state index >= 15 is 0 Å². The largest absolute Gasteiger partial charge is 0.387 e. The number of hydrogen-bond donors (Lipinski definition) is 4. The van der Waals surface area contributed by atoms with E-state index in [0.29, 0.717) is 5.56 Å². The Bertz CT molecular complexity index is 454. The molecule has 4 atom stereocenters. The number of aliphatic hydroxyl groups is 4. The molecule has 0 saturated heterocycles. The minimum Gasteiger partial charge on any atom is -0.387 e. The third kappa shape index (κ3) is 2.23. The summed E-state index contributed by atoms with van der Waals surface area (Å²) in [6, 6.07) is 8.53. The van der Waals surface area contributed by atoms with Gasteiger partial charge in [0.25, 0.3) is 0 Å². The molecular weight excluding hydrogens is 232 g/mol. The highest BCUT2D eigenvalue weighted by molar-refractivity contribution is 5.28. The fraction of sp³-hybridized carbons (Fsp3) is 0.286. The van der Waals surface area contributed by atoms with Gasteiger partial charge in [-0.1, -0.05) is 48.6 Å². The second kappa shape index (κ2) is 5.04. The molecule has 0 amide bonds. The molecule has 4 unspecified atom stereocenters. The molecule has 18 heavy (non-hydrogen) atoms. The molecule has 0 heterocycles. The van der Waals surface area contributed by atoms with E-state index in [4.69, 9.17) is 0 Å². The molecule has 1 aromatic carbocycles. The van der Waals surface area contributed by atoms with Crippen LogP contribution in [0.5, 0.6) is 0 Å². The first-order valence-electron chi connectivity index (χ1n) is 5.73. The van der Waals surface area contributed by atoms with Crippen LogP contribution in [0.2, 0.25) is 0 Å². The van der Waals surface area contributed by atoms with E-state index in [9.17, 15) is 20.4 Å². The molecule has 4 heteroatoms. The Morgan fingerprint density at radius 3 is 2.33 bits per heavy atom. The molecule has 0 saturated carbocycles. The molecule has 1 aliphatic carbocycles. The van der Waals surface area contributed by atoms with Gasteiger partial charge >= 0.3 is 0 Å². The van der Waals surface area contributed by atoms with Crippen LogP contribution in [0, 0.1) is 0 Å². The monoisotopic (exact) mass is 248 g/mol. The molecule has 0 radical (unpaired) electrons. The number of hydrogen-bond acceptors (Lipinski definition) is 4. The Morgan fingerprint density at radius 1 is 1.06 bits per heavy atom. The molecule has 0 aliphatic heterocycles. The molecule has 96 valence electrons. The van der Waals surface area contributed by atoms with Crippen molar-refractivity contribution in [3.05, 3.63) is 60.2 Å². The van der Waals surface area contributed by atoms with Gasteiger partial charge in [-0.3, -0.25) is 0 Å². The first-order valence-corrected chi connectivity index (χ1v) is 5.73. The van der Waals surface area contributed by atoms with Crippen LogP contribution < -0.4 is 0 Å². The summed E-state index contributed by atoms with van der Waals surface area (Å²) in [7, 11) is 0. The maximum Gasteiger partial charge on any atom is 0.141 e. The van der Waals surface area contributed by atoms with Crippen LogP contribution in [0.4, 0.5) is 0 Å². The van der Waals surface area contributed by atoms with Crippen molar-refractivity contribution in [2.24, 2.45) is 0 Å². The quantitative estimate of drug-likeness (QED) is 0.620. The summed E-state index contributed by atoms with van der Waals surface area (Å²) in [6.45, 7) is 0. The summed E-state index contributed by atoms with van der Waals surface area (Å²) in [5.74, 6) is 0. The highest BCUT2D eigenvalue weighted by atomic mass is 16.4. The topological polar surface area (TPSA) is 80.9 Å². The zero-order chi connectivity index (χ0) is 13.2. The van der Waals surface area contributed by atoms with Gasteiger partial charge in [0, 0.05) is 0 Å². The molecule has 4 N–H and O–H groups in total. The van der Waals surface area contributed by atoms with Crippen LogP contribution in [0.1, 0.15) is 11.7 Å². The Hall–Kier alpha value is -1.46. The Kier molecular flexibility index (Phi) is 3.63. The second-order valence-corrected chi connectivity index (χ2v) is 4.38. The van der Waals surface area contributed by atoms with Gasteiger partial charge < -0.3 is 20.4 Å². The standard InChI is InChI=1S/C14H16O4/c15-11-8-4-5-9-14(11,18)13(17)12(16)10-6-2-1-3-7-10/h1-9,11-13,15-18H. The summed E-state index contributed by atoms with van der Waals surface area (Å²) >= 11 is 0. The minimum atomic E-state index is -1.88. The number of benzene rings is 1. The molecular formula is C14H16O4. The van der Waals surface area contributed by atoms with Crippen molar-refractivity contribution in [3.63, 3.8) is 0 Å². The molecule has 1 aromatic rings. The minimum absolute atomic E-state index is 0.480. The van der Waals surface area contributed by atoms with Gasteiger partial charge in [-0.05, 0) is 11.6 Å². The maximum absolute atomic E-state index is 10.2. The number of rotatable bonds is 3. The van der Waals surface area contributed by atoms with Crippen molar-refractivity contribution >= 4 is 0 Å². The van der Waals surface area contributed by atoms with E-state index in [1.807, 2.05) is 0 Å². The highest BCUT2D eigenvalue weighted by Gasteiger charge is 2.44. The van der Waals surface area contributed by atoms with Crippen molar-refractivity contribution in [1.29, 1.82) is 0 Å². The zero-order valence-electron chi connectivity index (χ0n) is 9.72. The Balaban J connectivity index is 2.23. The lowest BCUT2D eigenvalue weighted by Crippen LogP contribution is -2.53. The predicted molar refractivity (Wildman–Crippen MR) is 66.6 cm³/mol. The van der Waals surface area contributed by atoms with Gasteiger partial charge in [-0.2, -0.15) is 0 Å². The Labute approximate surface area is 105 Å². The predicted octanol–water partition coefficient (Wildman–Crippen LogP) is 0.299. The van der Waals surface area contributed by atoms with Crippen molar-refractivity contribution in [2.45, 2.75) is 23.9 Å². The lowest BCUT2D eigenvalue weighted by atomic mass is 9.82. The van der Waals surface area contributed by atoms with Crippen molar-refractivity contribution < 1.29 is 20.4 Å². The normalized spacial score (nSPS) is 30.1. The molecule has 0 bridgehead atoms. The smallest absolute Gasteiger partial charge is 0.141 e. The third-order valence-corrected chi connectivity index (χ3v) is 3.16. The van der Waals surface area contributed by atoms with Gasteiger partial charge in [0.15, 0.2) is 0 Å². The van der Waals surface area contributed by atoms with E-state index in [-0.39, 0.29) is 0 Å². The zero-order valence-corrected chi connectivity index (χ0v) is 9.72. The fourth-order valence-electron chi connectivity index (χ4n) is 1.99. The van der Waals surface area contributed by atoms with E-state index < -0.39 is 23.9 Å².